The first kappa shape index (κ1) is 16.2. The topological polar surface area (TPSA) is 84.2 Å². The van der Waals surface area contributed by atoms with Crippen molar-refractivity contribution < 1.29 is 14.7 Å². The van der Waals surface area contributed by atoms with Crippen molar-refractivity contribution in [3.05, 3.63) is 18.0 Å². The summed E-state index contributed by atoms with van der Waals surface area (Å²) in [4.78, 5) is 22.8. The van der Waals surface area contributed by atoms with Crippen LogP contribution in [0.4, 0.5) is 0 Å². The van der Waals surface area contributed by atoms with Crippen LogP contribution < -0.4 is 5.32 Å². The smallest absolute Gasteiger partial charge is 0.308 e. The van der Waals surface area contributed by atoms with E-state index in [0.717, 1.165) is 5.56 Å². The van der Waals surface area contributed by atoms with Gasteiger partial charge in [0, 0.05) is 26.2 Å². The van der Waals surface area contributed by atoms with E-state index in [1.807, 2.05) is 27.1 Å². The van der Waals surface area contributed by atoms with Gasteiger partial charge in [0.2, 0.25) is 5.91 Å². The number of aliphatic carboxylic acids is 1. The summed E-state index contributed by atoms with van der Waals surface area (Å²) in [6, 6.07) is 0. The van der Waals surface area contributed by atoms with Crippen molar-refractivity contribution in [1.82, 2.24) is 15.1 Å². The largest absolute Gasteiger partial charge is 0.481 e. The molecule has 0 saturated carbocycles. The van der Waals surface area contributed by atoms with Gasteiger partial charge in [-0.1, -0.05) is 13.8 Å². The van der Waals surface area contributed by atoms with Gasteiger partial charge in [0.05, 0.1) is 12.1 Å². The number of carbonyl (C=O) groups excluding carboxylic acids is 1. The van der Waals surface area contributed by atoms with Crippen LogP contribution >= 0.6 is 0 Å². The first-order chi connectivity index (χ1) is 9.38. The lowest BCUT2D eigenvalue weighted by Crippen LogP contribution is -2.33. The second-order valence-corrected chi connectivity index (χ2v) is 5.49. The van der Waals surface area contributed by atoms with E-state index < -0.39 is 11.9 Å². The molecule has 0 aromatic carbocycles. The number of hydrogen-bond donors (Lipinski definition) is 2. The van der Waals surface area contributed by atoms with Gasteiger partial charge in [-0.3, -0.25) is 14.3 Å². The molecule has 0 fully saturated rings. The number of carboxylic acids is 1. The minimum atomic E-state index is -0.855. The molecule has 1 rings (SSSR count). The molecule has 0 bridgehead atoms. The monoisotopic (exact) mass is 281 g/mol. The Hall–Kier alpha value is -1.85. The highest BCUT2D eigenvalue weighted by Crippen LogP contribution is 2.11. The highest BCUT2D eigenvalue weighted by Gasteiger charge is 2.19. The number of rotatable bonds is 8. The highest BCUT2D eigenvalue weighted by atomic mass is 16.4. The fourth-order valence-corrected chi connectivity index (χ4v) is 2.02. The van der Waals surface area contributed by atoms with Crippen LogP contribution in [0.25, 0.3) is 0 Å². The van der Waals surface area contributed by atoms with Gasteiger partial charge < -0.3 is 10.4 Å². The predicted molar refractivity (Wildman–Crippen MR) is 75.1 cm³/mol. The SMILES string of the molecule is CC(C)CC(CNC(=O)CCc1cnn(C)c1)C(=O)O. The first-order valence-electron chi connectivity index (χ1n) is 6.85. The fourth-order valence-electron chi connectivity index (χ4n) is 2.02. The summed E-state index contributed by atoms with van der Waals surface area (Å²) >= 11 is 0. The second kappa shape index (κ2) is 7.67. The zero-order valence-corrected chi connectivity index (χ0v) is 12.3. The second-order valence-electron chi connectivity index (χ2n) is 5.49. The Balaban J connectivity index is 2.32. The van der Waals surface area contributed by atoms with E-state index in [0.29, 0.717) is 25.2 Å². The zero-order valence-electron chi connectivity index (χ0n) is 12.3. The van der Waals surface area contributed by atoms with E-state index in [2.05, 4.69) is 10.4 Å². The maximum absolute atomic E-state index is 11.7. The molecule has 6 nitrogen and oxygen atoms in total. The normalized spacial score (nSPS) is 12.4. The van der Waals surface area contributed by atoms with Crippen molar-refractivity contribution in [2.24, 2.45) is 18.9 Å². The van der Waals surface area contributed by atoms with Crippen LogP contribution in [0.3, 0.4) is 0 Å². The Bertz CT molecular complexity index is 454. The van der Waals surface area contributed by atoms with Gasteiger partial charge in [-0.05, 0) is 24.3 Å². The molecule has 0 aliphatic carbocycles. The van der Waals surface area contributed by atoms with Crippen molar-refractivity contribution in [3.63, 3.8) is 0 Å². The molecule has 1 aromatic rings. The van der Waals surface area contributed by atoms with E-state index in [-0.39, 0.29) is 12.5 Å². The van der Waals surface area contributed by atoms with Gasteiger partial charge in [0.1, 0.15) is 0 Å². The Kier molecular flexibility index (Phi) is 6.21. The average molecular weight is 281 g/mol. The molecule has 1 amide bonds. The molecule has 1 aromatic heterocycles. The number of amides is 1. The summed E-state index contributed by atoms with van der Waals surface area (Å²) in [7, 11) is 1.83. The summed E-state index contributed by atoms with van der Waals surface area (Å²) in [6.45, 7) is 4.14. The molecule has 0 spiro atoms. The molecule has 1 heterocycles. The lowest BCUT2D eigenvalue weighted by atomic mass is 9.97. The number of nitrogens with zero attached hydrogens (tertiary/aromatic N) is 2. The molecular formula is C14H23N3O3. The minimum absolute atomic E-state index is 0.121. The van der Waals surface area contributed by atoms with Crippen molar-refractivity contribution in [2.45, 2.75) is 33.1 Å². The van der Waals surface area contributed by atoms with E-state index in [4.69, 9.17) is 5.11 Å². The van der Waals surface area contributed by atoms with Gasteiger partial charge in [0.15, 0.2) is 0 Å². The predicted octanol–water partition coefficient (Wildman–Crippen LogP) is 1.22. The number of aromatic nitrogens is 2. The van der Waals surface area contributed by atoms with Gasteiger partial charge in [-0.25, -0.2) is 0 Å². The molecular weight excluding hydrogens is 258 g/mol. The number of carboxylic acid groups (broad SMARTS) is 1. The van der Waals surface area contributed by atoms with E-state index >= 15 is 0 Å². The van der Waals surface area contributed by atoms with Crippen LogP contribution in [0, 0.1) is 11.8 Å². The average Bonchev–Trinajstić information content (AvgIpc) is 2.77. The molecule has 20 heavy (non-hydrogen) atoms. The van der Waals surface area contributed by atoms with E-state index in [1.54, 1.807) is 10.9 Å². The van der Waals surface area contributed by atoms with Crippen LogP contribution in [0.15, 0.2) is 12.4 Å². The van der Waals surface area contributed by atoms with Gasteiger partial charge in [0.25, 0.3) is 0 Å². The minimum Gasteiger partial charge on any atom is -0.481 e. The Morgan fingerprint density at radius 1 is 1.45 bits per heavy atom. The molecule has 0 radical (unpaired) electrons. The summed E-state index contributed by atoms with van der Waals surface area (Å²) in [5.74, 6) is -1.20. The summed E-state index contributed by atoms with van der Waals surface area (Å²) in [6.07, 6.45) is 5.12. The first-order valence-corrected chi connectivity index (χ1v) is 6.85. The van der Waals surface area contributed by atoms with Gasteiger partial charge in [-0.15, -0.1) is 0 Å². The van der Waals surface area contributed by atoms with Crippen molar-refractivity contribution in [1.29, 1.82) is 0 Å². The maximum atomic E-state index is 11.7. The quantitative estimate of drug-likeness (QED) is 0.750. The Morgan fingerprint density at radius 2 is 2.15 bits per heavy atom. The molecule has 1 unspecified atom stereocenters. The lowest BCUT2D eigenvalue weighted by Gasteiger charge is -2.15. The van der Waals surface area contributed by atoms with E-state index in [9.17, 15) is 9.59 Å². The number of nitrogens with one attached hydrogen (secondary N) is 1. The number of hydrogen-bond acceptors (Lipinski definition) is 3. The van der Waals surface area contributed by atoms with Crippen LogP contribution in [0.1, 0.15) is 32.3 Å². The van der Waals surface area contributed by atoms with Crippen molar-refractivity contribution >= 4 is 11.9 Å². The number of aryl methyl sites for hydroxylation is 2. The van der Waals surface area contributed by atoms with Crippen LogP contribution in [-0.4, -0.2) is 33.3 Å². The fraction of sp³-hybridized carbons (Fsp3) is 0.643. The molecule has 1 atom stereocenters. The molecule has 6 heteroatoms. The Labute approximate surface area is 119 Å². The third kappa shape index (κ3) is 5.86. The molecule has 0 aliphatic rings. The summed E-state index contributed by atoms with van der Waals surface area (Å²) in [5, 5.41) is 15.8. The standard InChI is InChI=1S/C14H23N3O3/c1-10(2)6-12(14(19)20)8-15-13(18)5-4-11-7-16-17(3)9-11/h7,9-10,12H,4-6,8H2,1-3H3,(H,15,18)(H,19,20). The van der Waals surface area contributed by atoms with Crippen LogP contribution in [0.2, 0.25) is 0 Å². The number of carbonyl (C=O) groups is 2. The van der Waals surface area contributed by atoms with Crippen LogP contribution in [0.5, 0.6) is 0 Å². The molecule has 0 saturated heterocycles. The van der Waals surface area contributed by atoms with Gasteiger partial charge >= 0.3 is 5.97 Å². The zero-order chi connectivity index (χ0) is 15.1. The molecule has 112 valence electrons. The third-order valence-corrected chi connectivity index (χ3v) is 3.05. The third-order valence-electron chi connectivity index (χ3n) is 3.05. The van der Waals surface area contributed by atoms with Gasteiger partial charge in [-0.2, -0.15) is 5.10 Å². The van der Waals surface area contributed by atoms with Crippen molar-refractivity contribution in [3.8, 4) is 0 Å². The molecule has 2 N–H and O–H groups in total. The van der Waals surface area contributed by atoms with E-state index in [1.165, 1.54) is 0 Å². The summed E-state index contributed by atoms with van der Waals surface area (Å²) < 4.78 is 1.69. The summed E-state index contributed by atoms with van der Waals surface area (Å²) in [5.41, 5.74) is 1.000. The lowest BCUT2D eigenvalue weighted by molar-refractivity contribution is -0.142. The molecule has 0 aliphatic heterocycles. The Morgan fingerprint density at radius 3 is 2.65 bits per heavy atom. The van der Waals surface area contributed by atoms with Crippen molar-refractivity contribution in [2.75, 3.05) is 6.54 Å². The highest BCUT2D eigenvalue weighted by molar-refractivity contribution is 5.77. The maximum Gasteiger partial charge on any atom is 0.308 e. The van der Waals surface area contributed by atoms with Crippen LogP contribution in [-0.2, 0) is 23.1 Å².